The lowest BCUT2D eigenvalue weighted by Crippen LogP contribution is -2.27. The van der Waals surface area contributed by atoms with Gasteiger partial charge < -0.3 is 15.2 Å². The maximum Gasteiger partial charge on any atom is 0.330 e. The largest absolute Gasteiger partial charge is 0.380 e. The van der Waals surface area contributed by atoms with Crippen molar-refractivity contribution < 1.29 is 19.7 Å². The number of nitrogens with zero attached hydrogens (tertiary/aromatic N) is 2. The van der Waals surface area contributed by atoms with Gasteiger partial charge in [0.2, 0.25) is 0 Å². The van der Waals surface area contributed by atoms with Crippen LogP contribution < -0.4 is 5.32 Å². The molecular weight excluding hydrogens is 258 g/mol. The fraction of sp³-hybridized carbons (Fsp3) is 0.400. The third-order valence-corrected chi connectivity index (χ3v) is 2.32. The van der Waals surface area contributed by atoms with Crippen molar-refractivity contribution in [2.75, 3.05) is 19.0 Å². The Kier molecular flexibility index (Phi) is 5.15. The Morgan fingerprint density at radius 1 is 1.42 bits per heavy atom. The minimum Gasteiger partial charge on any atom is -0.380 e. The van der Waals surface area contributed by atoms with Crippen LogP contribution in [0, 0.1) is 20.2 Å². The molecule has 104 valence electrons. The minimum atomic E-state index is -1.74. The Balaban J connectivity index is 2.87. The number of aliphatic hydroxyl groups excluding tert-OH is 1. The van der Waals surface area contributed by atoms with Crippen molar-refractivity contribution >= 4 is 11.4 Å². The van der Waals surface area contributed by atoms with E-state index in [0.29, 0.717) is 11.3 Å². The van der Waals surface area contributed by atoms with Gasteiger partial charge in [0.1, 0.15) is 6.54 Å². The third-order valence-electron chi connectivity index (χ3n) is 2.32. The summed E-state index contributed by atoms with van der Waals surface area (Å²) in [6.45, 7) is -0.194. The monoisotopic (exact) mass is 271 g/mol. The number of hydrogen-bond acceptors (Lipinski definition) is 7. The van der Waals surface area contributed by atoms with E-state index in [4.69, 9.17) is 9.84 Å². The molecule has 9 nitrogen and oxygen atoms in total. The molecule has 0 fully saturated rings. The number of non-ortho nitro benzene ring substituents is 1. The molecule has 2 N–H and O–H groups in total. The van der Waals surface area contributed by atoms with Crippen LogP contribution in [0.2, 0.25) is 0 Å². The average molecular weight is 271 g/mol. The Morgan fingerprint density at radius 2 is 2.11 bits per heavy atom. The zero-order valence-corrected chi connectivity index (χ0v) is 10.1. The fourth-order valence-corrected chi connectivity index (χ4v) is 1.42. The highest BCUT2D eigenvalue weighted by atomic mass is 16.7. The summed E-state index contributed by atoms with van der Waals surface area (Å²) in [7, 11) is 1.43. The summed E-state index contributed by atoms with van der Waals surface area (Å²) in [5.74, 6) is 0. The molecule has 1 unspecified atom stereocenters. The van der Waals surface area contributed by atoms with Gasteiger partial charge in [0.05, 0.1) is 16.5 Å². The normalized spacial score (nSPS) is 11.9. The van der Waals surface area contributed by atoms with Crippen LogP contribution >= 0.6 is 0 Å². The smallest absolute Gasteiger partial charge is 0.330 e. The van der Waals surface area contributed by atoms with Crippen LogP contribution in [0.5, 0.6) is 0 Å². The fourth-order valence-electron chi connectivity index (χ4n) is 1.42. The summed E-state index contributed by atoms with van der Waals surface area (Å²) in [6.07, 6.45) is -1.74. The molecule has 0 aliphatic carbocycles. The van der Waals surface area contributed by atoms with E-state index in [1.54, 1.807) is 0 Å². The van der Waals surface area contributed by atoms with Crippen LogP contribution in [0.15, 0.2) is 18.2 Å². The van der Waals surface area contributed by atoms with E-state index in [1.807, 2.05) is 0 Å². The first-order chi connectivity index (χ1) is 8.95. The Hall–Kier alpha value is -2.26. The maximum absolute atomic E-state index is 10.6. The first-order valence-corrected chi connectivity index (χ1v) is 5.27. The quantitative estimate of drug-likeness (QED) is 0.425. The molecular formula is C10H13N3O6. The van der Waals surface area contributed by atoms with Gasteiger partial charge in [-0.2, -0.15) is 0 Å². The van der Waals surface area contributed by atoms with Crippen LogP contribution in [0.1, 0.15) is 5.56 Å². The third kappa shape index (κ3) is 4.16. The maximum atomic E-state index is 10.6. The number of hydrogen-bond donors (Lipinski definition) is 2. The van der Waals surface area contributed by atoms with E-state index < -0.39 is 16.1 Å². The number of ether oxygens (including phenoxy) is 1. The van der Waals surface area contributed by atoms with Gasteiger partial charge in [-0.15, -0.1) is 0 Å². The highest BCUT2D eigenvalue weighted by Crippen LogP contribution is 2.22. The molecule has 0 saturated heterocycles. The van der Waals surface area contributed by atoms with Gasteiger partial charge in [0.25, 0.3) is 5.69 Å². The molecule has 0 heterocycles. The molecule has 1 aromatic rings. The Labute approximate surface area is 108 Å². The van der Waals surface area contributed by atoms with Crippen molar-refractivity contribution in [3.63, 3.8) is 0 Å². The average Bonchev–Trinajstić information content (AvgIpc) is 2.36. The van der Waals surface area contributed by atoms with Crippen LogP contribution in [0.3, 0.4) is 0 Å². The summed E-state index contributed by atoms with van der Waals surface area (Å²) < 4.78 is 4.90. The molecule has 9 heteroatoms. The van der Waals surface area contributed by atoms with Gasteiger partial charge in [0.15, 0.2) is 0 Å². The second-order valence-corrected chi connectivity index (χ2v) is 3.68. The first-order valence-electron chi connectivity index (χ1n) is 5.27. The molecule has 0 saturated carbocycles. The van der Waals surface area contributed by atoms with Crippen LogP contribution in [-0.2, 0) is 11.3 Å². The lowest BCUT2D eigenvalue weighted by atomic mass is 10.1. The predicted octanol–water partition coefficient (Wildman–Crippen LogP) is 0.748. The Morgan fingerprint density at radius 3 is 2.63 bits per heavy atom. The highest BCUT2D eigenvalue weighted by Gasteiger charge is 2.16. The Bertz CT molecular complexity index is 478. The zero-order chi connectivity index (χ0) is 14.4. The molecule has 0 aromatic heterocycles. The summed E-state index contributed by atoms with van der Waals surface area (Å²) >= 11 is 0. The van der Waals surface area contributed by atoms with E-state index >= 15 is 0 Å². The van der Waals surface area contributed by atoms with E-state index in [1.165, 1.54) is 25.3 Å². The molecule has 1 atom stereocenters. The molecule has 0 spiro atoms. The molecule has 0 aliphatic heterocycles. The van der Waals surface area contributed by atoms with Crippen molar-refractivity contribution in [1.82, 2.24) is 0 Å². The molecule has 0 bridgehead atoms. The van der Waals surface area contributed by atoms with Crippen molar-refractivity contribution in [1.29, 1.82) is 0 Å². The molecule has 0 aliphatic rings. The summed E-state index contributed by atoms with van der Waals surface area (Å²) in [5, 5.41) is 32.6. The molecule has 19 heavy (non-hydrogen) atoms. The zero-order valence-electron chi connectivity index (χ0n) is 10.1. The van der Waals surface area contributed by atoms with E-state index in [0.717, 1.165) is 0 Å². The number of nitrogens with one attached hydrogen (secondary N) is 1. The van der Waals surface area contributed by atoms with Gasteiger partial charge >= 0.3 is 6.23 Å². The predicted molar refractivity (Wildman–Crippen MR) is 65.3 cm³/mol. The van der Waals surface area contributed by atoms with Gasteiger partial charge in [-0.25, -0.2) is 0 Å². The van der Waals surface area contributed by atoms with Crippen molar-refractivity contribution in [3.8, 4) is 0 Å². The highest BCUT2D eigenvalue weighted by molar-refractivity contribution is 5.55. The lowest BCUT2D eigenvalue weighted by molar-refractivity contribution is -0.565. The van der Waals surface area contributed by atoms with Gasteiger partial charge in [-0.3, -0.25) is 20.2 Å². The van der Waals surface area contributed by atoms with E-state index in [-0.39, 0.29) is 18.8 Å². The van der Waals surface area contributed by atoms with E-state index in [9.17, 15) is 20.2 Å². The van der Waals surface area contributed by atoms with E-state index in [2.05, 4.69) is 5.32 Å². The van der Waals surface area contributed by atoms with Crippen LogP contribution in [0.25, 0.3) is 0 Å². The second-order valence-electron chi connectivity index (χ2n) is 3.68. The molecule has 0 radical (unpaired) electrons. The van der Waals surface area contributed by atoms with Crippen molar-refractivity contribution in [2.24, 2.45) is 0 Å². The summed E-state index contributed by atoms with van der Waals surface area (Å²) in [5.41, 5.74) is 0.813. The summed E-state index contributed by atoms with van der Waals surface area (Å²) in [4.78, 5) is 19.5. The molecule has 0 amide bonds. The minimum absolute atomic E-state index is 0.104. The number of rotatable bonds is 7. The molecule has 1 aromatic carbocycles. The molecule has 1 rings (SSSR count). The van der Waals surface area contributed by atoms with Crippen molar-refractivity contribution in [3.05, 3.63) is 44.0 Å². The van der Waals surface area contributed by atoms with Gasteiger partial charge in [-0.1, -0.05) is 0 Å². The number of methoxy groups -OCH3 is 1. The first kappa shape index (κ1) is 14.8. The van der Waals surface area contributed by atoms with Crippen molar-refractivity contribution in [2.45, 2.75) is 12.8 Å². The van der Waals surface area contributed by atoms with Gasteiger partial charge in [-0.05, 0) is 6.07 Å². The number of anilines is 1. The topological polar surface area (TPSA) is 128 Å². The number of nitro groups is 2. The second kappa shape index (κ2) is 6.61. The SMILES string of the molecule is COCc1cc([N+](=O)[O-])ccc1NCC(O)[N+](=O)[O-]. The standard InChI is InChI=1S/C10H13N3O6/c1-19-6-7-4-8(12(15)16)2-3-9(7)11-5-10(14)13(17)18/h2-4,10-11,14H,5-6H2,1H3. The lowest BCUT2D eigenvalue weighted by Gasteiger charge is -2.11. The number of aliphatic hydroxyl groups is 1. The van der Waals surface area contributed by atoms with Gasteiger partial charge in [0, 0.05) is 30.5 Å². The van der Waals surface area contributed by atoms with Crippen LogP contribution in [0.4, 0.5) is 11.4 Å². The number of nitro benzene ring substituents is 1. The summed E-state index contributed by atoms with van der Waals surface area (Å²) in [6, 6.07) is 3.99. The number of benzene rings is 1. The van der Waals surface area contributed by atoms with Crippen LogP contribution in [-0.4, -0.2) is 34.8 Å².